The molecule has 23 heavy (non-hydrogen) atoms. The molecule has 0 bridgehead atoms. The topological polar surface area (TPSA) is 119 Å². The van der Waals surface area contributed by atoms with Gasteiger partial charge in [0, 0.05) is 27.0 Å². The van der Waals surface area contributed by atoms with Crippen molar-refractivity contribution >= 4 is 53.5 Å². The molecule has 0 spiro atoms. The molecule has 5 N–H and O–H groups in total. The third kappa shape index (κ3) is 2.62. The molecule has 120 valence electrons. The second-order valence-electron chi connectivity index (χ2n) is 5.39. The molecule has 0 aliphatic carbocycles. The van der Waals surface area contributed by atoms with E-state index in [4.69, 9.17) is 11.5 Å². The Hall–Kier alpha value is -1.90. The van der Waals surface area contributed by atoms with Crippen LogP contribution in [0.2, 0.25) is 0 Å². The van der Waals surface area contributed by atoms with Gasteiger partial charge in [0.2, 0.25) is 0 Å². The minimum absolute atomic E-state index is 0.369. The predicted octanol–water partition coefficient (Wildman–Crippen LogP) is 2.18. The lowest BCUT2D eigenvalue weighted by molar-refractivity contribution is 0.100. The number of hydrogen-bond donors (Lipinski definition) is 3. The lowest BCUT2D eigenvalue weighted by Crippen LogP contribution is -2.20. The maximum absolute atomic E-state index is 11.6. The van der Waals surface area contributed by atoms with Crippen molar-refractivity contribution in [1.29, 1.82) is 0 Å². The number of benzene rings is 2. The molecule has 1 heterocycles. The van der Waals surface area contributed by atoms with E-state index < -0.39 is 21.1 Å². The first-order valence-electron chi connectivity index (χ1n) is 6.68. The third-order valence-electron chi connectivity index (χ3n) is 3.78. The highest BCUT2D eigenvalue weighted by Gasteiger charge is 2.20. The molecule has 1 aromatic heterocycles. The van der Waals surface area contributed by atoms with Crippen LogP contribution in [-0.2, 0) is 9.84 Å². The number of aromatic nitrogens is 1. The average Bonchev–Trinajstić information content (AvgIpc) is 2.84. The smallest absolute Gasteiger partial charge is 0.250 e. The summed E-state index contributed by atoms with van der Waals surface area (Å²) in [4.78, 5) is 14.7. The van der Waals surface area contributed by atoms with Gasteiger partial charge in [-0.05, 0) is 23.8 Å². The molecule has 1 atom stereocenters. The van der Waals surface area contributed by atoms with E-state index in [0.29, 0.717) is 22.2 Å². The van der Waals surface area contributed by atoms with Gasteiger partial charge in [-0.25, -0.2) is 8.42 Å². The summed E-state index contributed by atoms with van der Waals surface area (Å²) in [5.74, 6) is -0.540. The minimum atomic E-state index is -3.40. The Kier molecular flexibility index (Phi) is 3.70. The van der Waals surface area contributed by atoms with Crippen molar-refractivity contribution in [1.82, 2.24) is 4.98 Å². The van der Waals surface area contributed by atoms with E-state index in [2.05, 4.69) is 20.9 Å². The summed E-state index contributed by atoms with van der Waals surface area (Å²) in [7, 11) is -3.40. The Morgan fingerprint density at radius 2 is 1.96 bits per heavy atom. The van der Waals surface area contributed by atoms with E-state index in [9.17, 15) is 13.2 Å². The van der Waals surface area contributed by atoms with Gasteiger partial charge in [0.25, 0.3) is 5.91 Å². The van der Waals surface area contributed by atoms with Crippen LogP contribution in [0.15, 0.2) is 34.8 Å². The molecule has 0 aliphatic heterocycles. The highest BCUT2D eigenvalue weighted by atomic mass is 79.9. The molecular weight excluding hydrogens is 382 g/mol. The number of primary amides is 1. The highest BCUT2D eigenvalue weighted by molar-refractivity contribution is 9.10. The Balaban J connectivity index is 2.34. The second-order valence-corrected chi connectivity index (χ2v) is 8.41. The zero-order chi connectivity index (χ0) is 16.9. The van der Waals surface area contributed by atoms with Gasteiger partial charge < -0.3 is 16.5 Å². The van der Waals surface area contributed by atoms with E-state index in [1.165, 1.54) is 0 Å². The average molecular weight is 396 g/mol. The van der Waals surface area contributed by atoms with Crippen LogP contribution in [0.5, 0.6) is 0 Å². The summed E-state index contributed by atoms with van der Waals surface area (Å²) in [5.41, 5.74) is 13.3. The van der Waals surface area contributed by atoms with E-state index in [1.54, 1.807) is 30.3 Å². The molecule has 0 saturated carbocycles. The van der Waals surface area contributed by atoms with Gasteiger partial charge in [-0.1, -0.05) is 28.1 Å². The number of hydrogen-bond acceptors (Lipinski definition) is 4. The molecule has 6 nitrogen and oxygen atoms in total. The van der Waals surface area contributed by atoms with Crippen LogP contribution in [0.4, 0.5) is 0 Å². The van der Waals surface area contributed by atoms with Crippen molar-refractivity contribution in [2.45, 2.75) is 5.37 Å². The van der Waals surface area contributed by atoms with Crippen LogP contribution < -0.4 is 11.5 Å². The van der Waals surface area contributed by atoms with Crippen molar-refractivity contribution in [3.8, 4) is 0 Å². The molecular formula is C15H14BrN3O3S. The molecule has 8 heteroatoms. The van der Waals surface area contributed by atoms with Gasteiger partial charge in [-0.3, -0.25) is 4.79 Å². The van der Waals surface area contributed by atoms with Crippen LogP contribution in [0, 0.1) is 0 Å². The monoisotopic (exact) mass is 395 g/mol. The first kappa shape index (κ1) is 16.0. The van der Waals surface area contributed by atoms with Gasteiger partial charge in [0.05, 0.1) is 11.1 Å². The Morgan fingerprint density at radius 3 is 2.57 bits per heavy atom. The van der Waals surface area contributed by atoms with Crippen molar-refractivity contribution in [3.63, 3.8) is 0 Å². The van der Waals surface area contributed by atoms with Crippen LogP contribution in [0.25, 0.3) is 21.8 Å². The van der Waals surface area contributed by atoms with Gasteiger partial charge in [0.1, 0.15) is 5.37 Å². The quantitative estimate of drug-likeness (QED) is 0.629. The number of sulfone groups is 1. The summed E-state index contributed by atoms with van der Waals surface area (Å²) < 4.78 is 24.1. The predicted molar refractivity (Wildman–Crippen MR) is 93.8 cm³/mol. The Morgan fingerprint density at radius 1 is 1.26 bits per heavy atom. The standard InChI is InChI=1S/C15H14BrN3O3S/c1-23(21,22)15(18)7-2-3-8-11(6-7)19-13-9(14(17)20)4-5-10(16)12(8)13/h2-6,15,19H,18H2,1H3,(H2,17,20). The Labute approximate surface area is 140 Å². The van der Waals surface area contributed by atoms with E-state index in [1.807, 2.05) is 0 Å². The summed E-state index contributed by atoms with van der Waals surface area (Å²) >= 11 is 3.47. The van der Waals surface area contributed by atoms with Crippen molar-refractivity contribution < 1.29 is 13.2 Å². The first-order chi connectivity index (χ1) is 10.7. The lowest BCUT2D eigenvalue weighted by atomic mass is 10.1. The number of H-pyrrole nitrogens is 1. The number of halogens is 1. The largest absolute Gasteiger partial charge is 0.366 e. The maximum Gasteiger partial charge on any atom is 0.250 e. The summed E-state index contributed by atoms with van der Waals surface area (Å²) in [5, 5.41) is 0.563. The summed E-state index contributed by atoms with van der Waals surface area (Å²) in [6.07, 6.45) is 1.09. The zero-order valence-electron chi connectivity index (χ0n) is 12.1. The fourth-order valence-corrected chi connectivity index (χ4v) is 3.80. The fourth-order valence-electron chi connectivity index (χ4n) is 2.62. The van der Waals surface area contributed by atoms with Crippen LogP contribution >= 0.6 is 15.9 Å². The van der Waals surface area contributed by atoms with Gasteiger partial charge in [0.15, 0.2) is 9.84 Å². The number of aromatic amines is 1. The molecule has 2 aromatic carbocycles. The molecule has 0 aliphatic rings. The van der Waals surface area contributed by atoms with E-state index in [-0.39, 0.29) is 0 Å². The number of rotatable bonds is 3. The lowest BCUT2D eigenvalue weighted by Gasteiger charge is -2.09. The van der Waals surface area contributed by atoms with Crippen molar-refractivity contribution in [2.24, 2.45) is 11.5 Å². The number of carbonyl (C=O) groups is 1. The Bertz CT molecular complexity index is 1060. The molecule has 1 amide bonds. The molecule has 0 saturated heterocycles. The van der Waals surface area contributed by atoms with Crippen molar-refractivity contribution in [3.05, 3.63) is 45.9 Å². The van der Waals surface area contributed by atoms with Crippen LogP contribution in [0.3, 0.4) is 0 Å². The van der Waals surface area contributed by atoms with Crippen LogP contribution in [-0.4, -0.2) is 25.6 Å². The number of carbonyl (C=O) groups excluding carboxylic acids is 1. The summed E-state index contributed by atoms with van der Waals surface area (Å²) in [6.45, 7) is 0. The first-order valence-corrected chi connectivity index (χ1v) is 9.43. The summed E-state index contributed by atoms with van der Waals surface area (Å²) in [6, 6.07) is 8.52. The number of amides is 1. The molecule has 0 fully saturated rings. The number of nitrogens with two attached hydrogens (primary N) is 2. The number of fused-ring (bicyclic) bond motifs is 3. The van der Waals surface area contributed by atoms with Gasteiger partial charge in [-0.15, -0.1) is 0 Å². The highest BCUT2D eigenvalue weighted by Crippen LogP contribution is 2.34. The van der Waals surface area contributed by atoms with Crippen molar-refractivity contribution in [2.75, 3.05) is 6.26 Å². The normalized spacial score (nSPS) is 13.5. The second kappa shape index (κ2) is 5.33. The molecule has 3 aromatic rings. The SMILES string of the molecule is CS(=O)(=O)C(N)c1ccc2c(c1)[nH]c1c(C(N)=O)ccc(Br)c12. The van der Waals surface area contributed by atoms with Gasteiger partial charge in [-0.2, -0.15) is 0 Å². The fraction of sp³-hybridized carbons (Fsp3) is 0.133. The number of nitrogens with one attached hydrogen (secondary N) is 1. The minimum Gasteiger partial charge on any atom is -0.366 e. The van der Waals surface area contributed by atoms with Crippen LogP contribution in [0.1, 0.15) is 21.3 Å². The molecule has 1 unspecified atom stereocenters. The third-order valence-corrected chi connectivity index (χ3v) is 5.64. The zero-order valence-corrected chi connectivity index (χ0v) is 14.5. The van der Waals surface area contributed by atoms with Gasteiger partial charge >= 0.3 is 0 Å². The molecule has 3 rings (SSSR count). The van der Waals surface area contributed by atoms with E-state index in [0.717, 1.165) is 21.5 Å². The molecule has 0 radical (unpaired) electrons. The maximum atomic E-state index is 11.6. The van der Waals surface area contributed by atoms with E-state index >= 15 is 0 Å².